The smallest absolute Gasteiger partial charge is 0.477 e. The van der Waals surface area contributed by atoms with E-state index in [2.05, 4.69) is 4.98 Å². The number of hydrogen-bond acceptors (Lipinski definition) is 6. The van der Waals surface area contributed by atoms with E-state index in [4.69, 9.17) is 24.1 Å². The SMILES string of the molecule is COCC(=O)N1CC2(C1)OCCC2COc1ccccn1.O=C(O)C(F)(F)F. The van der Waals surface area contributed by atoms with Gasteiger partial charge in [-0.25, -0.2) is 9.78 Å². The van der Waals surface area contributed by atoms with E-state index in [9.17, 15) is 18.0 Å². The van der Waals surface area contributed by atoms with Crippen molar-refractivity contribution in [2.75, 3.05) is 40.0 Å². The normalized spacial score (nSPS) is 20.1. The zero-order chi connectivity index (χ0) is 20.8. The molecule has 28 heavy (non-hydrogen) atoms. The minimum absolute atomic E-state index is 0.0167. The van der Waals surface area contributed by atoms with Gasteiger partial charge in [0, 0.05) is 31.9 Å². The van der Waals surface area contributed by atoms with Crippen molar-refractivity contribution in [3.05, 3.63) is 24.4 Å². The zero-order valence-electron chi connectivity index (χ0n) is 15.1. The monoisotopic (exact) mass is 406 g/mol. The second kappa shape index (κ2) is 9.20. The number of likely N-dealkylation sites (tertiary alicyclic amines) is 1. The maximum atomic E-state index is 11.8. The molecular weight excluding hydrogens is 385 g/mol. The number of ether oxygens (including phenoxy) is 3. The molecule has 2 aliphatic heterocycles. The van der Waals surface area contributed by atoms with Crippen molar-refractivity contribution in [3.8, 4) is 5.88 Å². The van der Waals surface area contributed by atoms with Crippen LogP contribution in [0.25, 0.3) is 0 Å². The van der Waals surface area contributed by atoms with Gasteiger partial charge in [0.05, 0.1) is 19.7 Å². The Kier molecular flexibility index (Phi) is 7.19. The molecular formula is C17H21F3N2O6. The van der Waals surface area contributed by atoms with E-state index in [0.717, 1.165) is 13.0 Å². The van der Waals surface area contributed by atoms with E-state index in [1.807, 2.05) is 18.2 Å². The summed E-state index contributed by atoms with van der Waals surface area (Å²) in [6, 6.07) is 5.60. The molecule has 1 atom stereocenters. The van der Waals surface area contributed by atoms with Crippen LogP contribution in [0.1, 0.15) is 6.42 Å². The first-order valence-corrected chi connectivity index (χ1v) is 8.42. The Bertz CT molecular complexity index is 665. The van der Waals surface area contributed by atoms with Crippen LogP contribution in [-0.4, -0.2) is 78.7 Å². The topological polar surface area (TPSA) is 98.2 Å². The van der Waals surface area contributed by atoms with Gasteiger partial charge in [0.1, 0.15) is 12.2 Å². The maximum absolute atomic E-state index is 11.8. The number of nitrogens with zero attached hydrogens (tertiary/aromatic N) is 2. The lowest BCUT2D eigenvalue weighted by Crippen LogP contribution is -2.67. The van der Waals surface area contributed by atoms with E-state index in [1.165, 1.54) is 7.11 Å². The fraction of sp³-hybridized carbons (Fsp3) is 0.588. The summed E-state index contributed by atoms with van der Waals surface area (Å²) in [5, 5.41) is 7.12. The molecule has 2 saturated heterocycles. The van der Waals surface area contributed by atoms with Crippen LogP contribution in [0.15, 0.2) is 24.4 Å². The number of halogens is 3. The molecule has 0 radical (unpaired) electrons. The highest BCUT2D eigenvalue weighted by Crippen LogP contribution is 2.40. The number of pyridine rings is 1. The van der Waals surface area contributed by atoms with Crippen molar-refractivity contribution in [2.45, 2.75) is 18.2 Å². The third kappa shape index (κ3) is 5.55. The summed E-state index contributed by atoms with van der Waals surface area (Å²) in [5.41, 5.74) is -0.238. The van der Waals surface area contributed by atoms with Gasteiger partial charge < -0.3 is 24.2 Å². The van der Waals surface area contributed by atoms with Gasteiger partial charge >= 0.3 is 12.1 Å². The van der Waals surface area contributed by atoms with Crippen molar-refractivity contribution < 1.29 is 42.1 Å². The van der Waals surface area contributed by atoms with E-state index in [-0.39, 0.29) is 18.1 Å². The van der Waals surface area contributed by atoms with Crippen molar-refractivity contribution in [2.24, 2.45) is 5.92 Å². The highest BCUT2D eigenvalue weighted by molar-refractivity contribution is 5.78. The van der Waals surface area contributed by atoms with Gasteiger partial charge in [0.25, 0.3) is 0 Å². The summed E-state index contributed by atoms with van der Waals surface area (Å²) in [5.74, 6) is -1.81. The van der Waals surface area contributed by atoms with E-state index in [0.29, 0.717) is 31.5 Å². The maximum Gasteiger partial charge on any atom is 0.490 e. The van der Waals surface area contributed by atoms with Gasteiger partial charge in [-0.15, -0.1) is 0 Å². The van der Waals surface area contributed by atoms with Crippen molar-refractivity contribution in [1.29, 1.82) is 0 Å². The predicted molar refractivity (Wildman–Crippen MR) is 88.7 cm³/mol. The number of carbonyl (C=O) groups excluding carboxylic acids is 1. The predicted octanol–water partition coefficient (Wildman–Crippen LogP) is 1.36. The standard InChI is InChI=1S/C15H20N2O4.C2HF3O2/c1-19-9-14(18)17-10-15(11-17)12(5-7-21-15)8-20-13-4-2-3-6-16-13;3-2(4,5)1(6)7/h2-4,6,12H,5,7-11H2,1H3;(H,6,7). The molecule has 0 aromatic carbocycles. The molecule has 3 heterocycles. The Hall–Kier alpha value is -2.40. The minimum atomic E-state index is -5.08. The first-order valence-electron chi connectivity index (χ1n) is 8.42. The summed E-state index contributed by atoms with van der Waals surface area (Å²) in [4.78, 5) is 26.6. The fourth-order valence-electron chi connectivity index (χ4n) is 2.98. The van der Waals surface area contributed by atoms with Crippen LogP contribution in [0.5, 0.6) is 5.88 Å². The van der Waals surface area contributed by atoms with Crippen LogP contribution in [0, 0.1) is 5.92 Å². The average Bonchev–Trinajstić information content (AvgIpc) is 3.03. The van der Waals surface area contributed by atoms with Gasteiger partial charge in [0.2, 0.25) is 11.8 Å². The van der Waals surface area contributed by atoms with Gasteiger partial charge in [-0.2, -0.15) is 13.2 Å². The number of carboxylic acids is 1. The van der Waals surface area contributed by atoms with Crippen molar-refractivity contribution >= 4 is 11.9 Å². The van der Waals surface area contributed by atoms with Crippen LogP contribution in [0.2, 0.25) is 0 Å². The Morgan fingerprint density at radius 1 is 1.39 bits per heavy atom. The van der Waals surface area contributed by atoms with E-state index in [1.54, 1.807) is 11.1 Å². The molecule has 1 spiro atoms. The second-order valence-electron chi connectivity index (χ2n) is 6.36. The summed E-state index contributed by atoms with van der Waals surface area (Å²) >= 11 is 0. The van der Waals surface area contributed by atoms with Crippen molar-refractivity contribution in [1.82, 2.24) is 9.88 Å². The van der Waals surface area contributed by atoms with Crippen LogP contribution in [0.3, 0.4) is 0 Å². The van der Waals surface area contributed by atoms with Crippen LogP contribution in [-0.2, 0) is 19.1 Å². The number of carboxylic acid groups (broad SMARTS) is 1. The Labute approximate surface area is 159 Å². The van der Waals surface area contributed by atoms with Crippen LogP contribution in [0.4, 0.5) is 13.2 Å². The molecule has 156 valence electrons. The molecule has 2 fully saturated rings. The lowest BCUT2D eigenvalue weighted by atomic mass is 9.81. The average molecular weight is 406 g/mol. The molecule has 0 bridgehead atoms. The number of aromatic nitrogens is 1. The first-order chi connectivity index (χ1) is 13.2. The second-order valence-corrected chi connectivity index (χ2v) is 6.36. The Morgan fingerprint density at radius 2 is 2.07 bits per heavy atom. The van der Waals surface area contributed by atoms with Gasteiger partial charge in [-0.05, 0) is 12.5 Å². The quantitative estimate of drug-likeness (QED) is 0.788. The van der Waals surface area contributed by atoms with Gasteiger partial charge in [-0.3, -0.25) is 4.79 Å². The highest BCUT2D eigenvalue weighted by Gasteiger charge is 2.54. The largest absolute Gasteiger partial charge is 0.490 e. The lowest BCUT2D eigenvalue weighted by molar-refractivity contribution is -0.192. The third-order valence-electron chi connectivity index (χ3n) is 4.45. The molecule has 0 aliphatic carbocycles. The first kappa shape index (κ1) is 21.9. The van der Waals surface area contributed by atoms with Gasteiger partial charge in [-0.1, -0.05) is 6.07 Å². The summed E-state index contributed by atoms with van der Waals surface area (Å²) in [6.07, 6.45) is -2.41. The molecule has 8 nitrogen and oxygen atoms in total. The number of alkyl halides is 3. The third-order valence-corrected chi connectivity index (χ3v) is 4.45. The minimum Gasteiger partial charge on any atom is -0.477 e. The molecule has 2 aliphatic rings. The number of carbonyl (C=O) groups is 2. The van der Waals surface area contributed by atoms with Gasteiger partial charge in [0.15, 0.2) is 0 Å². The number of rotatable bonds is 5. The number of aliphatic carboxylic acids is 1. The molecule has 1 amide bonds. The van der Waals surface area contributed by atoms with Crippen LogP contribution < -0.4 is 4.74 Å². The summed E-state index contributed by atoms with van der Waals surface area (Å²) in [7, 11) is 1.53. The molecule has 1 N–H and O–H groups in total. The molecule has 1 unspecified atom stereocenters. The molecule has 3 rings (SSSR count). The number of hydrogen-bond donors (Lipinski definition) is 1. The van der Waals surface area contributed by atoms with E-state index < -0.39 is 12.1 Å². The molecule has 1 aromatic heterocycles. The number of amides is 1. The molecule has 0 saturated carbocycles. The molecule has 1 aromatic rings. The Morgan fingerprint density at radius 3 is 2.61 bits per heavy atom. The summed E-state index contributed by atoms with van der Waals surface area (Å²) in [6.45, 7) is 2.69. The lowest BCUT2D eigenvalue weighted by Gasteiger charge is -2.49. The van der Waals surface area contributed by atoms with Crippen molar-refractivity contribution in [3.63, 3.8) is 0 Å². The van der Waals surface area contributed by atoms with E-state index >= 15 is 0 Å². The highest BCUT2D eigenvalue weighted by atomic mass is 19.4. The van der Waals surface area contributed by atoms with Crippen LogP contribution >= 0.6 is 0 Å². The summed E-state index contributed by atoms with van der Waals surface area (Å²) < 4.78 is 48.3. The Balaban J connectivity index is 0.000000345. The number of methoxy groups -OCH3 is 1. The zero-order valence-corrected chi connectivity index (χ0v) is 15.1. The molecule has 11 heteroatoms. The fourth-order valence-corrected chi connectivity index (χ4v) is 2.98.